The average molecular weight is 401 g/mol. The molecule has 0 aromatic heterocycles. The first kappa shape index (κ1) is 19.1. The van der Waals surface area contributed by atoms with Gasteiger partial charge in [-0.3, -0.25) is 19.8 Å². The molecule has 2 aromatic rings. The third-order valence-corrected chi connectivity index (χ3v) is 4.58. The van der Waals surface area contributed by atoms with E-state index in [0.29, 0.717) is 22.0 Å². The van der Waals surface area contributed by atoms with Gasteiger partial charge in [-0.15, -0.1) is 0 Å². The highest BCUT2D eigenvalue weighted by Gasteiger charge is 2.34. The first-order chi connectivity index (χ1) is 12.8. The SMILES string of the molecule is COc1ccc(Cl)cc1/C=C1\C(=O)NC(=S)N(c2cc(C)cc(C)c2)C1=O. The average Bonchev–Trinajstić information content (AvgIpc) is 2.57. The fraction of sp³-hybridized carbons (Fsp3) is 0.150. The zero-order chi connectivity index (χ0) is 19.7. The zero-order valence-electron chi connectivity index (χ0n) is 15.0. The number of hydrogen-bond donors (Lipinski definition) is 1. The van der Waals surface area contributed by atoms with Crippen LogP contribution in [0.25, 0.3) is 6.08 Å². The number of carbonyl (C=O) groups excluding carboxylic acids is 2. The Morgan fingerprint density at radius 3 is 2.41 bits per heavy atom. The number of thiocarbonyl (C=S) groups is 1. The summed E-state index contributed by atoms with van der Waals surface area (Å²) < 4.78 is 5.29. The zero-order valence-corrected chi connectivity index (χ0v) is 16.6. The topological polar surface area (TPSA) is 58.6 Å². The molecular formula is C20H17ClN2O3S. The maximum atomic E-state index is 13.1. The highest BCUT2D eigenvalue weighted by molar-refractivity contribution is 7.80. The van der Waals surface area contributed by atoms with Crippen molar-refractivity contribution in [2.45, 2.75) is 13.8 Å². The Morgan fingerprint density at radius 2 is 1.78 bits per heavy atom. The number of methoxy groups -OCH3 is 1. The molecule has 3 rings (SSSR count). The van der Waals surface area contributed by atoms with Gasteiger partial charge in [0.05, 0.1) is 12.8 Å². The van der Waals surface area contributed by atoms with Gasteiger partial charge < -0.3 is 4.74 Å². The van der Waals surface area contributed by atoms with Crippen molar-refractivity contribution in [1.82, 2.24) is 5.32 Å². The summed E-state index contributed by atoms with van der Waals surface area (Å²) in [4.78, 5) is 26.8. The van der Waals surface area contributed by atoms with Gasteiger partial charge in [0.1, 0.15) is 11.3 Å². The summed E-state index contributed by atoms with van der Waals surface area (Å²) in [5.74, 6) is -0.568. The van der Waals surface area contributed by atoms with Gasteiger partial charge in [0.25, 0.3) is 11.8 Å². The number of nitrogens with zero attached hydrogens (tertiary/aromatic N) is 1. The molecule has 1 N–H and O–H groups in total. The lowest BCUT2D eigenvalue weighted by Crippen LogP contribution is -2.54. The number of halogens is 1. The number of nitrogens with one attached hydrogen (secondary N) is 1. The van der Waals surface area contributed by atoms with Crippen molar-refractivity contribution in [2.24, 2.45) is 0 Å². The third kappa shape index (κ3) is 3.86. The van der Waals surface area contributed by atoms with Crippen LogP contribution in [0.3, 0.4) is 0 Å². The third-order valence-electron chi connectivity index (χ3n) is 4.06. The molecule has 27 heavy (non-hydrogen) atoms. The Labute approximate surface area is 167 Å². The normalized spacial score (nSPS) is 15.9. The summed E-state index contributed by atoms with van der Waals surface area (Å²) in [5.41, 5.74) is 3.05. The highest BCUT2D eigenvalue weighted by Crippen LogP contribution is 2.28. The molecule has 2 amide bonds. The van der Waals surface area contributed by atoms with Crippen LogP contribution in [0.5, 0.6) is 5.75 Å². The second-order valence-corrected chi connectivity index (χ2v) is 7.01. The van der Waals surface area contributed by atoms with E-state index in [-0.39, 0.29) is 10.7 Å². The van der Waals surface area contributed by atoms with E-state index in [0.717, 1.165) is 11.1 Å². The van der Waals surface area contributed by atoms with Gasteiger partial charge >= 0.3 is 0 Å². The molecule has 138 valence electrons. The molecule has 7 heteroatoms. The largest absolute Gasteiger partial charge is 0.496 e. The molecule has 0 aliphatic carbocycles. The van der Waals surface area contributed by atoms with Crippen LogP contribution in [0.15, 0.2) is 42.0 Å². The Kier molecular flexibility index (Phi) is 5.30. The second-order valence-electron chi connectivity index (χ2n) is 6.19. The summed E-state index contributed by atoms with van der Waals surface area (Å²) in [6.07, 6.45) is 1.46. The maximum Gasteiger partial charge on any atom is 0.270 e. The van der Waals surface area contributed by atoms with Crippen LogP contribution in [0.4, 0.5) is 5.69 Å². The molecule has 0 spiro atoms. The van der Waals surface area contributed by atoms with Gasteiger partial charge in [0, 0.05) is 10.6 Å². The number of carbonyl (C=O) groups is 2. The predicted octanol–water partition coefficient (Wildman–Crippen LogP) is 3.80. The van der Waals surface area contributed by atoms with Gasteiger partial charge in [0.15, 0.2) is 5.11 Å². The van der Waals surface area contributed by atoms with Crippen molar-refractivity contribution in [2.75, 3.05) is 12.0 Å². The Hall–Kier alpha value is -2.70. The van der Waals surface area contributed by atoms with Crippen LogP contribution < -0.4 is 15.0 Å². The Balaban J connectivity index is 2.09. The van der Waals surface area contributed by atoms with Crippen LogP contribution in [-0.2, 0) is 9.59 Å². The Bertz CT molecular complexity index is 980. The number of benzene rings is 2. The number of aryl methyl sites for hydroxylation is 2. The van der Waals surface area contributed by atoms with E-state index in [1.807, 2.05) is 32.0 Å². The number of hydrogen-bond acceptors (Lipinski definition) is 4. The van der Waals surface area contributed by atoms with E-state index in [9.17, 15) is 9.59 Å². The van der Waals surface area contributed by atoms with E-state index in [1.165, 1.54) is 18.1 Å². The van der Waals surface area contributed by atoms with Crippen LogP contribution >= 0.6 is 23.8 Å². The van der Waals surface area contributed by atoms with Crippen LogP contribution in [0.1, 0.15) is 16.7 Å². The highest BCUT2D eigenvalue weighted by atomic mass is 35.5. The quantitative estimate of drug-likeness (QED) is 0.483. The molecule has 5 nitrogen and oxygen atoms in total. The molecule has 1 fully saturated rings. The van der Waals surface area contributed by atoms with Crippen LogP contribution in [-0.4, -0.2) is 24.0 Å². The molecule has 0 bridgehead atoms. The molecule has 0 radical (unpaired) electrons. The van der Waals surface area contributed by atoms with Crippen molar-refractivity contribution in [3.8, 4) is 5.75 Å². The van der Waals surface area contributed by atoms with Crippen molar-refractivity contribution in [3.63, 3.8) is 0 Å². The fourth-order valence-corrected chi connectivity index (χ4v) is 3.41. The minimum Gasteiger partial charge on any atom is -0.496 e. The second kappa shape index (κ2) is 7.50. The van der Waals surface area contributed by atoms with E-state index in [4.69, 9.17) is 28.6 Å². The first-order valence-corrected chi connectivity index (χ1v) is 8.92. The molecule has 1 aliphatic rings. The summed E-state index contributed by atoms with van der Waals surface area (Å²) in [6.45, 7) is 3.86. The lowest BCUT2D eigenvalue weighted by molar-refractivity contribution is -0.122. The van der Waals surface area contributed by atoms with E-state index < -0.39 is 11.8 Å². The number of anilines is 1. The van der Waals surface area contributed by atoms with Gasteiger partial charge in [-0.05, 0) is 73.6 Å². The smallest absolute Gasteiger partial charge is 0.270 e. The number of ether oxygens (including phenoxy) is 1. The molecule has 1 aliphatic heterocycles. The van der Waals surface area contributed by atoms with Crippen molar-refractivity contribution in [1.29, 1.82) is 0 Å². The lowest BCUT2D eigenvalue weighted by atomic mass is 10.0. The van der Waals surface area contributed by atoms with Crippen molar-refractivity contribution < 1.29 is 14.3 Å². The van der Waals surface area contributed by atoms with E-state index in [1.54, 1.807) is 18.2 Å². The minimum absolute atomic E-state index is 0.0465. The number of amides is 2. The molecule has 0 saturated carbocycles. The molecular weight excluding hydrogens is 384 g/mol. The summed E-state index contributed by atoms with van der Waals surface area (Å²) >= 11 is 11.3. The molecule has 1 saturated heterocycles. The van der Waals surface area contributed by atoms with E-state index in [2.05, 4.69) is 5.32 Å². The van der Waals surface area contributed by atoms with Gasteiger partial charge in [0.2, 0.25) is 0 Å². The minimum atomic E-state index is -0.562. The van der Waals surface area contributed by atoms with E-state index >= 15 is 0 Å². The van der Waals surface area contributed by atoms with Crippen molar-refractivity contribution in [3.05, 3.63) is 63.7 Å². The Morgan fingerprint density at radius 1 is 1.11 bits per heavy atom. The standard InChI is InChI=1S/C20H17ClN2O3S/c1-11-6-12(2)8-15(7-11)23-19(25)16(18(24)22-20(23)27)10-13-9-14(21)4-5-17(13)26-3/h4-10H,1-3H3,(H,22,24,27)/b16-10+. The van der Waals surface area contributed by atoms with Crippen LogP contribution in [0.2, 0.25) is 5.02 Å². The number of rotatable bonds is 3. The van der Waals surface area contributed by atoms with Gasteiger partial charge in [-0.2, -0.15) is 0 Å². The van der Waals surface area contributed by atoms with Crippen molar-refractivity contribution >= 4 is 52.5 Å². The fourth-order valence-electron chi connectivity index (χ4n) is 2.95. The summed E-state index contributed by atoms with van der Waals surface area (Å²) in [6, 6.07) is 10.6. The summed E-state index contributed by atoms with van der Waals surface area (Å²) in [7, 11) is 1.50. The maximum absolute atomic E-state index is 13.1. The first-order valence-electron chi connectivity index (χ1n) is 8.13. The van der Waals surface area contributed by atoms with Gasteiger partial charge in [-0.25, -0.2) is 0 Å². The molecule has 2 aromatic carbocycles. The van der Waals surface area contributed by atoms with Gasteiger partial charge in [-0.1, -0.05) is 17.7 Å². The van der Waals surface area contributed by atoms with Crippen LogP contribution in [0, 0.1) is 13.8 Å². The lowest BCUT2D eigenvalue weighted by Gasteiger charge is -2.29. The monoisotopic (exact) mass is 400 g/mol. The molecule has 1 heterocycles. The molecule has 0 unspecified atom stereocenters. The molecule has 0 atom stereocenters. The summed E-state index contributed by atoms with van der Waals surface area (Å²) in [5, 5.41) is 3.09. The predicted molar refractivity (Wildman–Crippen MR) is 110 cm³/mol.